The fourth-order valence-electron chi connectivity index (χ4n) is 1.57. The molecule has 0 fully saturated rings. The van der Waals surface area contributed by atoms with Crippen molar-refractivity contribution in [2.75, 3.05) is 20.7 Å². The van der Waals surface area contributed by atoms with E-state index in [0.29, 0.717) is 6.54 Å². The van der Waals surface area contributed by atoms with Crippen molar-refractivity contribution in [3.63, 3.8) is 0 Å². The van der Waals surface area contributed by atoms with Crippen LogP contribution in [-0.2, 0) is 16.1 Å². The molecule has 1 atom stereocenters. The molecular formula is C12H18N2O2. The van der Waals surface area contributed by atoms with Gasteiger partial charge in [0.2, 0.25) is 0 Å². The zero-order chi connectivity index (χ0) is 12.0. The summed E-state index contributed by atoms with van der Waals surface area (Å²) in [6.07, 6.45) is 0. The van der Waals surface area contributed by atoms with Crippen LogP contribution in [-0.4, -0.2) is 37.6 Å². The van der Waals surface area contributed by atoms with Crippen molar-refractivity contribution in [3.8, 4) is 0 Å². The van der Waals surface area contributed by atoms with Crippen molar-refractivity contribution in [2.24, 2.45) is 5.73 Å². The number of benzene rings is 1. The average Bonchev–Trinajstić information content (AvgIpc) is 2.31. The van der Waals surface area contributed by atoms with Crippen LogP contribution in [0.1, 0.15) is 5.56 Å². The van der Waals surface area contributed by atoms with Crippen molar-refractivity contribution in [3.05, 3.63) is 35.9 Å². The Morgan fingerprint density at radius 3 is 2.56 bits per heavy atom. The molecule has 0 heterocycles. The Bertz CT molecular complexity index is 327. The van der Waals surface area contributed by atoms with E-state index in [9.17, 15) is 4.79 Å². The third kappa shape index (κ3) is 3.32. The lowest BCUT2D eigenvalue weighted by atomic mass is 10.2. The van der Waals surface area contributed by atoms with Crippen LogP contribution in [0, 0.1) is 0 Å². The highest BCUT2D eigenvalue weighted by Gasteiger charge is 2.22. The van der Waals surface area contributed by atoms with Crippen LogP contribution >= 0.6 is 0 Å². The average molecular weight is 222 g/mol. The largest absolute Gasteiger partial charge is 0.468 e. The molecule has 0 aliphatic carbocycles. The van der Waals surface area contributed by atoms with Crippen LogP contribution in [0.2, 0.25) is 0 Å². The molecule has 0 bridgehead atoms. The Morgan fingerprint density at radius 1 is 1.44 bits per heavy atom. The molecule has 1 rings (SSSR count). The van der Waals surface area contributed by atoms with Gasteiger partial charge in [0, 0.05) is 13.1 Å². The maximum atomic E-state index is 11.4. The van der Waals surface area contributed by atoms with E-state index < -0.39 is 0 Å². The van der Waals surface area contributed by atoms with Gasteiger partial charge in [-0.05, 0) is 12.6 Å². The molecule has 4 nitrogen and oxygen atoms in total. The Balaban J connectivity index is 2.63. The Morgan fingerprint density at radius 2 is 2.06 bits per heavy atom. The predicted octanol–water partition coefficient (Wildman–Crippen LogP) is 0.619. The third-order valence-electron chi connectivity index (χ3n) is 2.50. The summed E-state index contributed by atoms with van der Waals surface area (Å²) in [6, 6.07) is 9.55. The maximum absolute atomic E-state index is 11.4. The van der Waals surface area contributed by atoms with Crippen molar-refractivity contribution in [1.82, 2.24) is 4.90 Å². The van der Waals surface area contributed by atoms with Gasteiger partial charge in [0.05, 0.1) is 7.11 Å². The maximum Gasteiger partial charge on any atom is 0.324 e. The van der Waals surface area contributed by atoms with E-state index in [4.69, 9.17) is 10.5 Å². The van der Waals surface area contributed by atoms with E-state index in [1.165, 1.54) is 7.11 Å². The first-order chi connectivity index (χ1) is 7.69. The summed E-state index contributed by atoms with van der Waals surface area (Å²) in [5.74, 6) is -0.291. The second-order valence-corrected chi connectivity index (χ2v) is 3.68. The lowest BCUT2D eigenvalue weighted by molar-refractivity contribution is -0.146. The van der Waals surface area contributed by atoms with Gasteiger partial charge in [0.1, 0.15) is 6.04 Å². The summed E-state index contributed by atoms with van der Waals surface area (Å²) >= 11 is 0. The molecule has 0 aliphatic rings. The number of hydrogen-bond donors (Lipinski definition) is 1. The standard InChI is InChI=1S/C12H18N2O2/c1-14(11(8-13)12(15)16-2)9-10-6-4-3-5-7-10/h3-7,11H,8-9,13H2,1-2H3/t11-/m1/s1. The summed E-state index contributed by atoms with van der Waals surface area (Å²) in [4.78, 5) is 13.3. The highest BCUT2D eigenvalue weighted by atomic mass is 16.5. The fourth-order valence-corrected chi connectivity index (χ4v) is 1.57. The molecule has 0 radical (unpaired) electrons. The monoisotopic (exact) mass is 222 g/mol. The number of nitrogens with two attached hydrogens (primary N) is 1. The van der Waals surface area contributed by atoms with Crippen LogP contribution in [0.4, 0.5) is 0 Å². The van der Waals surface area contributed by atoms with Crippen LogP contribution in [0.5, 0.6) is 0 Å². The number of nitrogens with zero attached hydrogens (tertiary/aromatic N) is 1. The van der Waals surface area contributed by atoms with Crippen LogP contribution in [0.25, 0.3) is 0 Å². The molecule has 88 valence electrons. The number of rotatable bonds is 5. The van der Waals surface area contributed by atoms with Gasteiger partial charge in [-0.1, -0.05) is 30.3 Å². The lowest BCUT2D eigenvalue weighted by Crippen LogP contribution is -2.44. The molecule has 0 aromatic heterocycles. The first-order valence-corrected chi connectivity index (χ1v) is 5.21. The number of carbonyl (C=O) groups is 1. The first kappa shape index (κ1) is 12.7. The number of ether oxygens (including phenoxy) is 1. The minimum Gasteiger partial charge on any atom is -0.468 e. The van der Waals surface area contributed by atoms with Crippen molar-refractivity contribution in [1.29, 1.82) is 0 Å². The molecule has 1 aromatic rings. The lowest BCUT2D eigenvalue weighted by Gasteiger charge is -2.24. The Hall–Kier alpha value is -1.39. The van der Waals surface area contributed by atoms with E-state index in [2.05, 4.69) is 0 Å². The van der Waals surface area contributed by atoms with Crippen LogP contribution in [0.15, 0.2) is 30.3 Å². The van der Waals surface area contributed by atoms with Crippen molar-refractivity contribution in [2.45, 2.75) is 12.6 Å². The van der Waals surface area contributed by atoms with Crippen LogP contribution in [0.3, 0.4) is 0 Å². The molecule has 0 aliphatic heterocycles. The van der Waals surface area contributed by atoms with E-state index in [0.717, 1.165) is 5.56 Å². The molecule has 0 spiro atoms. The second-order valence-electron chi connectivity index (χ2n) is 3.68. The van der Waals surface area contributed by atoms with Gasteiger partial charge < -0.3 is 10.5 Å². The second kappa shape index (κ2) is 6.25. The number of carbonyl (C=O) groups excluding carboxylic acids is 1. The van der Waals surface area contributed by atoms with E-state index in [1.807, 2.05) is 42.3 Å². The molecule has 4 heteroatoms. The minimum atomic E-state index is -0.384. The Labute approximate surface area is 96.0 Å². The SMILES string of the molecule is COC(=O)[C@@H](CN)N(C)Cc1ccccc1. The van der Waals surface area contributed by atoms with E-state index in [1.54, 1.807) is 0 Å². The van der Waals surface area contributed by atoms with E-state index >= 15 is 0 Å². The van der Waals surface area contributed by atoms with Crippen molar-refractivity contribution >= 4 is 5.97 Å². The van der Waals surface area contributed by atoms with Gasteiger partial charge in [-0.2, -0.15) is 0 Å². The summed E-state index contributed by atoms with van der Waals surface area (Å²) in [6.45, 7) is 0.938. The van der Waals surface area contributed by atoms with Crippen molar-refractivity contribution < 1.29 is 9.53 Å². The zero-order valence-electron chi connectivity index (χ0n) is 9.72. The topological polar surface area (TPSA) is 55.6 Å². The number of likely N-dealkylation sites (N-methyl/N-ethyl adjacent to an activating group) is 1. The molecule has 0 unspecified atom stereocenters. The Kier molecular flexibility index (Phi) is 4.95. The fraction of sp³-hybridized carbons (Fsp3) is 0.417. The smallest absolute Gasteiger partial charge is 0.324 e. The van der Waals surface area contributed by atoms with Gasteiger partial charge in [0.15, 0.2) is 0 Å². The first-order valence-electron chi connectivity index (χ1n) is 5.21. The van der Waals surface area contributed by atoms with Gasteiger partial charge in [-0.15, -0.1) is 0 Å². The normalized spacial score (nSPS) is 12.5. The summed E-state index contributed by atoms with van der Waals surface area (Å²) in [7, 11) is 3.24. The molecule has 0 saturated heterocycles. The van der Waals surface area contributed by atoms with Gasteiger partial charge in [-0.3, -0.25) is 9.69 Å². The predicted molar refractivity (Wildman–Crippen MR) is 62.8 cm³/mol. The molecule has 1 aromatic carbocycles. The highest BCUT2D eigenvalue weighted by Crippen LogP contribution is 2.06. The van der Waals surface area contributed by atoms with Crippen LogP contribution < -0.4 is 5.73 Å². The summed E-state index contributed by atoms with van der Waals surface area (Å²) < 4.78 is 4.70. The van der Waals surface area contributed by atoms with Gasteiger partial charge in [-0.25, -0.2) is 0 Å². The molecule has 2 N–H and O–H groups in total. The molecule has 0 saturated carbocycles. The number of esters is 1. The van der Waals surface area contributed by atoms with E-state index in [-0.39, 0.29) is 18.6 Å². The number of hydrogen-bond acceptors (Lipinski definition) is 4. The summed E-state index contributed by atoms with van der Waals surface area (Å²) in [5, 5.41) is 0. The highest BCUT2D eigenvalue weighted by molar-refractivity contribution is 5.75. The third-order valence-corrected chi connectivity index (χ3v) is 2.50. The van der Waals surface area contributed by atoms with Gasteiger partial charge >= 0.3 is 5.97 Å². The minimum absolute atomic E-state index is 0.260. The number of methoxy groups -OCH3 is 1. The zero-order valence-corrected chi connectivity index (χ0v) is 9.72. The quantitative estimate of drug-likeness (QED) is 0.742. The van der Waals surface area contributed by atoms with Gasteiger partial charge in [0.25, 0.3) is 0 Å². The summed E-state index contributed by atoms with van der Waals surface area (Å²) in [5.41, 5.74) is 6.71. The molecule has 16 heavy (non-hydrogen) atoms. The molecule has 0 amide bonds. The molecular weight excluding hydrogens is 204 g/mol.